The molecule has 0 radical (unpaired) electrons. The number of aliphatic hydroxyl groups excluding tert-OH is 1. The molecule has 37 heavy (non-hydrogen) atoms. The molecule has 3 aromatic carbocycles. The van der Waals surface area contributed by atoms with Crippen LogP contribution < -0.4 is 9.47 Å². The molecule has 1 amide bonds. The molecule has 2 heterocycles. The maximum atomic E-state index is 13.3. The van der Waals surface area contributed by atoms with Crippen LogP contribution in [0.3, 0.4) is 0 Å². The predicted molar refractivity (Wildman–Crippen MR) is 135 cm³/mol. The number of aryl methyl sites for hydroxylation is 1. The number of rotatable bonds is 6. The van der Waals surface area contributed by atoms with E-state index in [1.807, 2.05) is 0 Å². The zero-order valence-electron chi connectivity index (χ0n) is 20.1. The van der Waals surface area contributed by atoms with Crippen LogP contribution >= 0.6 is 0 Å². The summed E-state index contributed by atoms with van der Waals surface area (Å²) in [5.41, 5.74) is 2.76. The maximum absolute atomic E-state index is 13.3. The number of amides is 1. The van der Waals surface area contributed by atoms with Crippen LogP contribution in [-0.2, 0) is 22.6 Å². The number of carbonyl (C=O) groups excluding carboxylic acids is 2. The summed E-state index contributed by atoms with van der Waals surface area (Å²) in [6, 6.07) is 17.5. The van der Waals surface area contributed by atoms with Crippen LogP contribution in [0.25, 0.3) is 5.76 Å². The first-order valence-corrected chi connectivity index (χ1v) is 11.9. The first kappa shape index (κ1) is 24.1. The van der Waals surface area contributed by atoms with E-state index in [4.69, 9.17) is 9.47 Å². The van der Waals surface area contributed by atoms with Gasteiger partial charge in [0.1, 0.15) is 17.3 Å². The monoisotopic (exact) mass is 499 g/mol. The Hall–Kier alpha value is -4.59. The largest absolute Gasteiger partial charge is 0.507 e. The average Bonchev–Trinajstić information content (AvgIpc) is 3.17. The highest BCUT2D eigenvalue weighted by atomic mass is 16.5. The van der Waals surface area contributed by atoms with E-state index in [0.29, 0.717) is 29.0 Å². The van der Waals surface area contributed by atoms with Crippen molar-refractivity contribution in [2.75, 3.05) is 13.7 Å². The van der Waals surface area contributed by atoms with E-state index < -0.39 is 23.7 Å². The van der Waals surface area contributed by atoms with Crippen LogP contribution in [0.4, 0.5) is 0 Å². The van der Waals surface area contributed by atoms with E-state index in [0.717, 1.165) is 24.2 Å². The number of benzene rings is 3. The third-order valence-corrected chi connectivity index (χ3v) is 6.71. The summed E-state index contributed by atoms with van der Waals surface area (Å²) in [6.07, 6.45) is 1.65. The summed E-state index contributed by atoms with van der Waals surface area (Å²) in [5, 5.41) is 20.6. The van der Waals surface area contributed by atoms with Crippen molar-refractivity contribution in [2.24, 2.45) is 0 Å². The molecule has 1 atom stereocenters. The second kappa shape index (κ2) is 9.81. The molecule has 1 unspecified atom stereocenters. The van der Waals surface area contributed by atoms with Crippen LogP contribution in [0.15, 0.2) is 72.3 Å². The van der Waals surface area contributed by atoms with Gasteiger partial charge in [-0.2, -0.15) is 0 Å². The fraction of sp³-hybridized carbons (Fsp3) is 0.207. The minimum Gasteiger partial charge on any atom is -0.507 e. The molecule has 0 aliphatic carbocycles. The number of Topliss-reactive ketones (excluding diaryl/α,β-unsaturated/α-hetero) is 1. The Balaban J connectivity index is 1.59. The first-order valence-electron chi connectivity index (χ1n) is 11.9. The van der Waals surface area contributed by atoms with Gasteiger partial charge in [-0.3, -0.25) is 9.59 Å². The van der Waals surface area contributed by atoms with Gasteiger partial charge in [0, 0.05) is 12.1 Å². The standard InChI is InChI=1S/C29H25NO7/c1-36-22-11-8-18(9-12-22)25-24(26(31)21-10-13-23-20(15-21)3-2-14-37-23)27(32)28(33)30(25)16-17-4-6-19(7-5-17)29(34)35/h4-13,15,25,31H,2-3,14,16H2,1H3,(H,34,35)/b26-24-. The number of carboxylic acids is 1. The van der Waals surface area contributed by atoms with Gasteiger partial charge in [-0.25, -0.2) is 4.79 Å². The number of aliphatic hydroxyl groups is 1. The smallest absolute Gasteiger partial charge is 0.335 e. The number of carbonyl (C=O) groups is 3. The molecular formula is C29H25NO7. The molecule has 1 saturated heterocycles. The molecule has 0 spiro atoms. The highest BCUT2D eigenvalue weighted by Gasteiger charge is 2.46. The molecule has 2 aliphatic heterocycles. The van der Waals surface area contributed by atoms with Gasteiger partial charge in [0.15, 0.2) is 0 Å². The number of hydrogen-bond acceptors (Lipinski definition) is 6. The number of ether oxygens (including phenoxy) is 2. The van der Waals surface area contributed by atoms with Gasteiger partial charge in [0.2, 0.25) is 0 Å². The number of nitrogens with zero attached hydrogens (tertiary/aromatic N) is 1. The van der Waals surface area contributed by atoms with E-state index in [9.17, 15) is 24.6 Å². The van der Waals surface area contributed by atoms with Crippen LogP contribution in [0.2, 0.25) is 0 Å². The number of likely N-dealkylation sites (tertiary alicyclic amines) is 1. The SMILES string of the molecule is COc1ccc(C2/C(=C(/O)c3ccc4c(c3)CCCO4)C(=O)C(=O)N2Cc2ccc(C(=O)O)cc2)cc1. The van der Waals surface area contributed by atoms with Crippen molar-refractivity contribution in [3.8, 4) is 11.5 Å². The number of aromatic carboxylic acids is 1. The van der Waals surface area contributed by atoms with Crippen LogP contribution in [0.1, 0.15) is 45.1 Å². The van der Waals surface area contributed by atoms with Crippen molar-refractivity contribution in [1.82, 2.24) is 4.90 Å². The Kier molecular flexibility index (Phi) is 6.40. The Morgan fingerprint density at radius 2 is 1.70 bits per heavy atom. The lowest BCUT2D eigenvalue weighted by Crippen LogP contribution is -2.29. The fourth-order valence-electron chi connectivity index (χ4n) is 4.79. The Morgan fingerprint density at radius 3 is 2.38 bits per heavy atom. The molecule has 5 rings (SSSR count). The molecule has 188 valence electrons. The zero-order valence-corrected chi connectivity index (χ0v) is 20.1. The highest BCUT2D eigenvalue weighted by molar-refractivity contribution is 6.46. The molecule has 8 heteroatoms. The van der Waals surface area contributed by atoms with E-state index in [-0.39, 0.29) is 23.4 Å². The third kappa shape index (κ3) is 4.53. The average molecular weight is 500 g/mol. The number of methoxy groups -OCH3 is 1. The zero-order chi connectivity index (χ0) is 26.1. The van der Waals surface area contributed by atoms with Gasteiger partial charge < -0.3 is 24.6 Å². The minimum absolute atomic E-state index is 0.00555. The second-order valence-corrected chi connectivity index (χ2v) is 8.98. The Bertz CT molecular complexity index is 1410. The van der Waals surface area contributed by atoms with Crippen molar-refractivity contribution in [3.63, 3.8) is 0 Å². The number of carboxylic acid groups (broad SMARTS) is 1. The summed E-state index contributed by atoms with van der Waals surface area (Å²) in [6.45, 7) is 0.685. The van der Waals surface area contributed by atoms with Crippen LogP contribution in [0, 0.1) is 0 Å². The van der Waals surface area contributed by atoms with Crippen molar-refractivity contribution >= 4 is 23.4 Å². The van der Waals surface area contributed by atoms with Crippen molar-refractivity contribution < 1.29 is 34.1 Å². The summed E-state index contributed by atoms with van der Waals surface area (Å²) in [5.74, 6) is -1.48. The van der Waals surface area contributed by atoms with E-state index >= 15 is 0 Å². The molecule has 0 bridgehead atoms. The lowest BCUT2D eigenvalue weighted by molar-refractivity contribution is -0.140. The number of hydrogen-bond donors (Lipinski definition) is 2. The summed E-state index contributed by atoms with van der Waals surface area (Å²) in [7, 11) is 1.54. The summed E-state index contributed by atoms with van der Waals surface area (Å²) < 4.78 is 10.9. The van der Waals surface area contributed by atoms with E-state index in [1.54, 1.807) is 61.7 Å². The van der Waals surface area contributed by atoms with Gasteiger partial charge >= 0.3 is 5.97 Å². The van der Waals surface area contributed by atoms with Crippen molar-refractivity contribution in [3.05, 3.63) is 100 Å². The Morgan fingerprint density at radius 1 is 1.00 bits per heavy atom. The Labute approximate surface area is 213 Å². The molecule has 2 N–H and O–H groups in total. The normalized spacial score (nSPS) is 18.3. The number of ketones is 1. The van der Waals surface area contributed by atoms with Gasteiger partial charge in [0.25, 0.3) is 11.7 Å². The van der Waals surface area contributed by atoms with Crippen molar-refractivity contribution in [2.45, 2.75) is 25.4 Å². The van der Waals surface area contributed by atoms with E-state index in [1.165, 1.54) is 17.0 Å². The van der Waals surface area contributed by atoms with Crippen LogP contribution in [0.5, 0.6) is 11.5 Å². The number of fused-ring (bicyclic) bond motifs is 1. The molecular weight excluding hydrogens is 474 g/mol. The minimum atomic E-state index is -1.05. The quantitative estimate of drug-likeness (QED) is 0.295. The first-order chi connectivity index (χ1) is 17.9. The second-order valence-electron chi connectivity index (χ2n) is 8.98. The van der Waals surface area contributed by atoms with Crippen LogP contribution in [-0.4, -0.2) is 46.5 Å². The van der Waals surface area contributed by atoms with Crippen molar-refractivity contribution in [1.29, 1.82) is 0 Å². The fourth-order valence-corrected chi connectivity index (χ4v) is 4.79. The van der Waals surface area contributed by atoms with Gasteiger partial charge in [0.05, 0.1) is 30.9 Å². The topological polar surface area (TPSA) is 113 Å². The predicted octanol–water partition coefficient (Wildman–Crippen LogP) is 4.34. The maximum Gasteiger partial charge on any atom is 0.335 e. The molecule has 2 aliphatic rings. The lowest BCUT2D eigenvalue weighted by Gasteiger charge is -2.26. The summed E-state index contributed by atoms with van der Waals surface area (Å²) in [4.78, 5) is 39.2. The lowest BCUT2D eigenvalue weighted by atomic mass is 9.94. The molecule has 3 aromatic rings. The van der Waals surface area contributed by atoms with E-state index in [2.05, 4.69) is 0 Å². The molecule has 8 nitrogen and oxygen atoms in total. The molecule has 0 saturated carbocycles. The third-order valence-electron chi connectivity index (χ3n) is 6.71. The molecule has 0 aromatic heterocycles. The van der Waals surface area contributed by atoms with Gasteiger partial charge in [-0.1, -0.05) is 24.3 Å². The highest BCUT2D eigenvalue weighted by Crippen LogP contribution is 2.41. The van der Waals surface area contributed by atoms with Gasteiger partial charge in [-0.15, -0.1) is 0 Å². The van der Waals surface area contributed by atoms with Gasteiger partial charge in [-0.05, 0) is 72.0 Å². The molecule has 1 fully saturated rings. The summed E-state index contributed by atoms with van der Waals surface area (Å²) >= 11 is 0.